The third kappa shape index (κ3) is 3.10. The van der Waals surface area contributed by atoms with Gasteiger partial charge in [-0.15, -0.1) is 0 Å². The van der Waals surface area contributed by atoms with E-state index < -0.39 is 0 Å². The van der Waals surface area contributed by atoms with Crippen molar-refractivity contribution in [1.82, 2.24) is 10.2 Å². The SMILES string of the molecule is CC.CNC(=O)c1cc(F)c2c(c1)CCN1CCCCC21. The molecule has 2 aliphatic heterocycles. The molecule has 0 spiro atoms. The second kappa shape index (κ2) is 7.03. The monoisotopic (exact) mass is 292 g/mol. The summed E-state index contributed by atoms with van der Waals surface area (Å²) in [6.45, 7) is 6.05. The van der Waals surface area contributed by atoms with Crippen molar-refractivity contribution in [3.63, 3.8) is 0 Å². The highest BCUT2D eigenvalue weighted by Crippen LogP contribution is 2.38. The van der Waals surface area contributed by atoms with Gasteiger partial charge in [0.25, 0.3) is 5.91 Å². The highest BCUT2D eigenvalue weighted by molar-refractivity contribution is 5.94. The molecule has 116 valence electrons. The van der Waals surface area contributed by atoms with E-state index in [-0.39, 0.29) is 17.8 Å². The lowest BCUT2D eigenvalue weighted by Crippen LogP contribution is -2.39. The number of fused-ring (bicyclic) bond motifs is 3. The molecule has 1 aromatic carbocycles. The number of carbonyl (C=O) groups excluding carboxylic acids is 1. The van der Waals surface area contributed by atoms with Crippen molar-refractivity contribution in [2.24, 2.45) is 0 Å². The van der Waals surface area contributed by atoms with Crippen LogP contribution in [0.2, 0.25) is 0 Å². The van der Waals surface area contributed by atoms with Gasteiger partial charge < -0.3 is 5.32 Å². The first kappa shape index (κ1) is 16.0. The third-order valence-electron chi connectivity index (χ3n) is 4.32. The number of nitrogens with zero attached hydrogens (tertiary/aromatic N) is 1. The Bertz CT molecular complexity index is 516. The lowest BCUT2D eigenvalue weighted by atomic mass is 9.85. The molecule has 2 heterocycles. The minimum absolute atomic E-state index is 0.215. The van der Waals surface area contributed by atoms with Gasteiger partial charge in [-0.1, -0.05) is 20.3 Å². The molecule has 1 fully saturated rings. The second-order valence-electron chi connectivity index (χ2n) is 5.41. The van der Waals surface area contributed by atoms with Crippen LogP contribution in [0.15, 0.2) is 12.1 Å². The van der Waals surface area contributed by atoms with Gasteiger partial charge in [0, 0.05) is 30.8 Å². The average Bonchev–Trinajstić information content (AvgIpc) is 2.55. The van der Waals surface area contributed by atoms with Crippen molar-refractivity contribution in [3.8, 4) is 0 Å². The molecule has 3 nitrogen and oxygen atoms in total. The van der Waals surface area contributed by atoms with E-state index >= 15 is 0 Å². The number of nitrogens with one attached hydrogen (secondary N) is 1. The van der Waals surface area contributed by atoms with Gasteiger partial charge in [0.2, 0.25) is 0 Å². The van der Waals surface area contributed by atoms with Gasteiger partial charge in [0.15, 0.2) is 0 Å². The largest absolute Gasteiger partial charge is 0.355 e. The summed E-state index contributed by atoms with van der Waals surface area (Å²) in [5.74, 6) is -0.430. The van der Waals surface area contributed by atoms with Gasteiger partial charge >= 0.3 is 0 Å². The number of carbonyl (C=O) groups is 1. The van der Waals surface area contributed by atoms with Crippen LogP contribution in [0.25, 0.3) is 0 Å². The zero-order valence-electron chi connectivity index (χ0n) is 13.2. The van der Waals surface area contributed by atoms with Crippen molar-refractivity contribution in [3.05, 3.63) is 34.6 Å². The van der Waals surface area contributed by atoms with Gasteiger partial charge in [-0.25, -0.2) is 4.39 Å². The Labute approximate surface area is 126 Å². The van der Waals surface area contributed by atoms with Crippen LogP contribution in [-0.2, 0) is 6.42 Å². The van der Waals surface area contributed by atoms with Gasteiger partial charge in [-0.05, 0) is 43.5 Å². The number of hydrogen-bond acceptors (Lipinski definition) is 2. The molecule has 0 saturated carbocycles. The van der Waals surface area contributed by atoms with E-state index in [1.807, 2.05) is 19.9 Å². The maximum absolute atomic E-state index is 14.4. The summed E-state index contributed by atoms with van der Waals surface area (Å²) in [6, 6.07) is 3.47. The molecule has 2 aliphatic rings. The predicted molar refractivity (Wildman–Crippen MR) is 83.0 cm³/mol. The quantitative estimate of drug-likeness (QED) is 0.861. The molecule has 1 unspecified atom stereocenters. The minimum atomic E-state index is -0.215. The number of halogens is 1. The Morgan fingerprint density at radius 1 is 1.29 bits per heavy atom. The molecule has 0 aliphatic carbocycles. The summed E-state index contributed by atoms with van der Waals surface area (Å²) in [7, 11) is 1.57. The normalized spacial score (nSPS) is 20.7. The fourth-order valence-corrected chi connectivity index (χ4v) is 3.38. The van der Waals surface area contributed by atoms with E-state index in [0.717, 1.165) is 43.5 Å². The number of hydrogen-bond donors (Lipinski definition) is 1. The molecule has 3 rings (SSSR count). The number of rotatable bonds is 1. The number of piperidine rings is 1. The van der Waals surface area contributed by atoms with Crippen LogP contribution in [0.1, 0.15) is 60.6 Å². The zero-order valence-corrected chi connectivity index (χ0v) is 13.2. The van der Waals surface area contributed by atoms with E-state index in [0.29, 0.717) is 5.56 Å². The van der Waals surface area contributed by atoms with Gasteiger partial charge in [-0.3, -0.25) is 9.69 Å². The molecule has 0 bridgehead atoms. The third-order valence-corrected chi connectivity index (χ3v) is 4.32. The van der Waals surface area contributed by atoms with Crippen molar-refractivity contribution in [2.75, 3.05) is 20.1 Å². The minimum Gasteiger partial charge on any atom is -0.355 e. The maximum Gasteiger partial charge on any atom is 0.251 e. The van der Waals surface area contributed by atoms with Crippen LogP contribution in [0.4, 0.5) is 4.39 Å². The molecule has 1 saturated heterocycles. The maximum atomic E-state index is 14.4. The molecule has 1 N–H and O–H groups in total. The summed E-state index contributed by atoms with van der Waals surface area (Å²) in [5, 5.41) is 2.56. The van der Waals surface area contributed by atoms with Crippen molar-refractivity contribution >= 4 is 5.91 Å². The van der Waals surface area contributed by atoms with E-state index in [4.69, 9.17) is 0 Å². The lowest BCUT2D eigenvalue weighted by molar-refractivity contribution is 0.0961. The second-order valence-corrected chi connectivity index (χ2v) is 5.41. The molecule has 0 radical (unpaired) electrons. The standard InChI is InChI=1S/C15H19FN2O.C2H6/c1-17-15(19)11-8-10-5-7-18-6-3-2-4-13(18)14(10)12(16)9-11;1-2/h8-9,13H,2-7H2,1H3,(H,17,19);1-2H3. The molecule has 1 aromatic rings. The summed E-state index contributed by atoms with van der Waals surface area (Å²) < 4.78 is 14.4. The van der Waals surface area contributed by atoms with E-state index in [9.17, 15) is 9.18 Å². The molecular formula is C17H25FN2O. The molecule has 1 amide bonds. The first-order valence-electron chi connectivity index (χ1n) is 7.99. The van der Waals surface area contributed by atoms with Gasteiger partial charge in [-0.2, -0.15) is 0 Å². The van der Waals surface area contributed by atoms with Crippen molar-refractivity contribution in [1.29, 1.82) is 0 Å². The summed E-state index contributed by atoms with van der Waals surface area (Å²) >= 11 is 0. The summed E-state index contributed by atoms with van der Waals surface area (Å²) in [4.78, 5) is 14.0. The van der Waals surface area contributed by atoms with Crippen LogP contribution in [0, 0.1) is 5.82 Å². The molecule has 0 aromatic heterocycles. The van der Waals surface area contributed by atoms with Gasteiger partial charge in [0.1, 0.15) is 5.82 Å². The van der Waals surface area contributed by atoms with E-state index in [2.05, 4.69) is 10.2 Å². The average molecular weight is 292 g/mol. The van der Waals surface area contributed by atoms with E-state index in [1.54, 1.807) is 7.05 Å². The lowest BCUT2D eigenvalue weighted by Gasteiger charge is -2.40. The highest BCUT2D eigenvalue weighted by atomic mass is 19.1. The molecular weight excluding hydrogens is 267 g/mol. The molecule has 1 atom stereocenters. The Morgan fingerprint density at radius 3 is 2.76 bits per heavy atom. The topological polar surface area (TPSA) is 32.3 Å². The summed E-state index contributed by atoms with van der Waals surface area (Å²) in [6.07, 6.45) is 4.25. The molecule has 21 heavy (non-hydrogen) atoms. The first-order valence-corrected chi connectivity index (χ1v) is 7.99. The Morgan fingerprint density at radius 2 is 2.05 bits per heavy atom. The van der Waals surface area contributed by atoms with Crippen LogP contribution in [0.5, 0.6) is 0 Å². The fraction of sp³-hybridized carbons (Fsp3) is 0.588. The number of benzene rings is 1. The van der Waals surface area contributed by atoms with Crippen molar-refractivity contribution in [2.45, 2.75) is 45.6 Å². The highest BCUT2D eigenvalue weighted by Gasteiger charge is 2.32. The number of amides is 1. The van der Waals surface area contributed by atoms with Crippen LogP contribution in [0.3, 0.4) is 0 Å². The van der Waals surface area contributed by atoms with Crippen LogP contribution in [-0.4, -0.2) is 30.9 Å². The van der Waals surface area contributed by atoms with Crippen LogP contribution >= 0.6 is 0 Å². The predicted octanol–water partition coefficient (Wildman–Crippen LogP) is 3.29. The smallest absolute Gasteiger partial charge is 0.251 e. The molecule has 4 heteroatoms. The Kier molecular flexibility index (Phi) is 5.34. The Hall–Kier alpha value is -1.42. The Balaban J connectivity index is 0.000000774. The summed E-state index contributed by atoms with van der Waals surface area (Å²) in [5.41, 5.74) is 2.28. The van der Waals surface area contributed by atoms with Crippen molar-refractivity contribution < 1.29 is 9.18 Å². The van der Waals surface area contributed by atoms with Gasteiger partial charge in [0.05, 0.1) is 0 Å². The first-order chi connectivity index (χ1) is 10.2. The fourth-order valence-electron chi connectivity index (χ4n) is 3.38. The van der Waals surface area contributed by atoms with E-state index in [1.165, 1.54) is 12.5 Å². The zero-order chi connectivity index (χ0) is 15.4. The van der Waals surface area contributed by atoms with Crippen LogP contribution < -0.4 is 5.32 Å².